The number of hydrogen-bond acceptors (Lipinski definition) is 8. The fraction of sp³-hybridized carbons (Fsp3) is 0.355. The summed E-state index contributed by atoms with van der Waals surface area (Å²) in [7, 11) is 0. The molecule has 1 unspecified atom stereocenters. The van der Waals surface area contributed by atoms with Gasteiger partial charge < -0.3 is 10.6 Å². The Kier molecular flexibility index (Phi) is 6.65. The molecule has 2 aromatic carbocycles. The van der Waals surface area contributed by atoms with E-state index in [1.165, 1.54) is 6.20 Å². The molecule has 40 heavy (non-hydrogen) atoms. The van der Waals surface area contributed by atoms with Crippen LogP contribution in [0, 0.1) is 46.3 Å². The number of nitrogens with one attached hydrogen (secondary N) is 2. The first-order chi connectivity index (χ1) is 19.1. The lowest BCUT2D eigenvalue weighted by Crippen LogP contribution is -2.20. The Bertz CT molecular complexity index is 1730. The van der Waals surface area contributed by atoms with Crippen molar-refractivity contribution in [3.05, 3.63) is 76.2 Å². The highest BCUT2D eigenvalue weighted by molar-refractivity contribution is 5.99. The summed E-state index contributed by atoms with van der Waals surface area (Å²) < 4.78 is 1.92. The number of fused-ring (bicyclic) bond motifs is 1. The summed E-state index contributed by atoms with van der Waals surface area (Å²) >= 11 is 0. The van der Waals surface area contributed by atoms with Crippen LogP contribution in [0.4, 0.5) is 11.4 Å². The van der Waals surface area contributed by atoms with Crippen molar-refractivity contribution in [2.45, 2.75) is 59.0 Å². The Balaban J connectivity index is 1.66. The van der Waals surface area contributed by atoms with Gasteiger partial charge in [-0.05, 0) is 61.4 Å². The van der Waals surface area contributed by atoms with Crippen LogP contribution in [0.15, 0.2) is 42.7 Å². The minimum Gasteiger partial charge on any atom is -0.383 e. The highest BCUT2D eigenvalue weighted by Crippen LogP contribution is 2.43. The standard InChI is InChI=1S/C31H31N9/c1-19-20(13-32)7-6-8-24(19)29(26-17-40(39-38-26)31(5)9-10-31)37-23-11-21(14-33)27-25(12-23)28(22(15-34)16-35-27)36-18-30(2,3)4/h6-8,11-12,16-17,29,37H,9-10,18H2,1-5H3,(H,35,36). The van der Waals surface area contributed by atoms with Crippen LogP contribution < -0.4 is 10.6 Å². The fourth-order valence-electron chi connectivity index (χ4n) is 4.75. The van der Waals surface area contributed by atoms with Gasteiger partial charge in [0.1, 0.15) is 17.8 Å². The van der Waals surface area contributed by atoms with Gasteiger partial charge in [-0.3, -0.25) is 4.98 Å². The number of hydrogen-bond donors (Lipinski definition) is 2. The minimum atomic E-state index is -0.438. The lowest BCUT2D eigenvalue weighted by molar-refractivity contribution is 0.443. The molecule has 0 spiro atoms. The van der Waals surface area contributed by atoms with Gasteiger partial charge in [-0.15, -0.1) is 5.10 Å². The molecule has 2 N–H and O–H groups in total. The van der Waals surface area contributed by atoms with Crippen LogP contribution >= 0.6 is 0 Å². The molecule has 1 saturated carbocycles. The molecule has 0 bridgehead atoms. The molecule has 1 aliphatic carbocycles. The van der Waals surface area contributed by atoms with Gasteiger partial charge in [-0.25, -0.2) is 4.68 Å². The summed E-state index contributed by atoms with van der Waals surface area (Å²) in [5, 5.41) is 46.3. The topological polar surface area (TPSA) is 139 Å². The van der Waals surface area contributed by atoms with E-state index in [1.54, 1.807) is 12.1 Å². The van der Waals surface area contributed by atoms with Crippen LogP contribution in [0.5, 0.6) is 0 Å². The molecule has 9 heteroatoms. The molecular weight excluding hydrogens is 498 g/mol. The van der Waals surface area contributed by atoms with Crippen molar-refractivity contribution in [1.29, 1.82) is 15.8 Å². The molecule has 1 fully saturated rings. The third-order valence-electron chi connectivity index (χ3n) is 7.46. The van der Waals surface area contributed by atoms with Crippen molar-refractivity contribution in [1.82, 2.24) is 20.0 Å². The van der Waals surface area contributed by atoms with E-state index in [0.29, 0.717) is 51.2 Å². The van der Waals surface area contributed by atoms with Gasteiger partial charge in [0.25, 0.3) is 0 Å². The zero-order valence-electron chi connectivity index (χ0n) is 23.4. The maximum atomic E-state index is 10.1. The van der Waals surface area contributed by atoms with E-state index in [1.807, 2.05) is 36.0 Å². The maximum Gasteiger partial charge on any atom is 0.110 e. The molecular formula is C31H31N9. The summed E-state index contributed by atoms with van der Waals surface area (Å²) in [5.41, 5.74) is 5.60. The lowest BCUT2D eigenvalue weighted by Gasteiger charge is -2.23. The van der Waals surface area contributed by atoms with E-state index < -0.39 is 6.04 Å². The molecule has 200 valence electrons. The van der Waals surface area contributed by atoms with Crippen LogP contribution in [0.2, 0.25) is 0 Å². The van der Waals surface area contributed by atoms with Gasteiger partial charge in [-0.2, -0.15) is 15.8 Å². The number of anilines is 2. The summed E-state index contributed by atoms with van der Waals surface area (Å²) in [6.07, 6.45) is 5.57. The Labute approximate surface area is 234 Å². The zero-order valence-corrected chi connectivity index (χ0v) is 23.4. The average molecular weight is 530 g/mol. The first kappa shape index (κ1) is 26.7. The fourth-order valence-corrected chi connectivity index (χ4v) is 4.75. The first-order valence-corrected chi connectivity index (χ1v) is 13.3. The SMILES string of the molecule is Cc1c(C#N)cccc1C(Nc1cc(C#N)c2ncc(C#N)c(NCC(C)(C)C)c2c1)c1cn(C2(C)CC2)nn1. The number of aromatic nitrogens is 4. The van der Waals surface area contributed by atoms with Gasteiger partial charge in [0.05, 0.1) is 51.7 Å². The average Bonchev–Trinajstić information content (AvgIpc) is 3.48. The Morgan fingerprint density at radius 1 is 1.05 bits per heavy atom. The zero-order chi connectivity index (χ0) is 28.7. The third kappa shape index (κ3) is 5.05. The van der Waals surface area contributed by atoms with Gasteiger partial charge in [0.2, 0.25) is 0 Å². The normalized spacial score (nSPS) is 14.6. The Morgan fingerprint density at radius 2 is 1.77 bits per heavy atom. The van der Waals surface area contributed by atoms with Gasteiger partial charge in [-0.1, -0.05) is 38.1 Å². The van der Waals surface area contributed by atoms with Gasteiger partial charge in [0.15, 0.2) is 0 Å². The van der Waals surface area contributed by atoms with Crippen molar-refractivity contribution in [3.63, 3.8) is 0 Å². The molecule has 1 aliphatic rings. The molecule has 0 aliphatic heterocycles. The lowest BCUT2D eigenvalue weighted by atomic mass is 9.94. The molecule has 4 aromatic rings. The van der Waals surface area contributed by atoms with Crippen LogP contribution in [-0.2, 0) is 5.54 Å². The summed E-state index contributed by atoms with van der Waals surface area (Å²) in [4.78, 5) is 4.46. The molecule has 2 aromatic heterocycles. The van der Waals surface area contributed by atoms with E-state index >= 15 is 0 Å². The molecule has 9 nitrogen and oxygen atoms in total. The number of nitrogens with zero attached hydrogens (tertiary/aromatic N) is 7. The number of benzene rings is 2. The molecule has 5 rings (SSSR count). The van der Waals surface area contributed by atoms with E-state index in [9.17, 15) is 15.8 Å². The van der Waals surface area contributed by atoms with E-state index in [-0.39, 0.29) is 11.0 Å². The Hall–Kier alpha value is -4.94. The van der Waals surface area contributed by atoms with Crippen LogP contribution in [0.1, 0.15) is 80.1 Å². The third-order valence-corrected chi connectivity index (χ3v) is 7.46. The largest absolute Gasteiger partial charge is 0.383 e. The monoisotopic (exact) mass is 529 g/mol. The van der Waals surface area contributed by atoms with Crippen LogP contribution in [0.25, 0.3) is 10.9 Å². The summed E-state index contributed by atoms with van der Waals surface area (Å²) in [6.45, 7) is 11.0. The van der Waals surface area contributed by atoms with Crippen molar-refractivity contribution in [2.75, 3.05) is 17.2 Å². The molecule has 2 heterocycles. The summed E-state index contributed by atoms with van der Waals surface area (Å²) in [6, 6.07) is 15.7. The quantitative estimate of drug-likeness (QED) is 0.301. The minimum absolute atomic E-state index is 0.0245. The smallest absolute Gasteiger partial charge is 0.110 e. The van der Waals surface area contributed by atoms with E-state index in [0.717, 1.165) is 24.0 Å². The first-order valence-electron chi connectivity index (χ1n) is 13.3. The van der Waals surface area contributed by atoms with Gasteiger partial charge >= 0.3 is 0 Å². The molecule has 0 radical (unpaired) electrons. The van der Waals surface area contributed by atoms with Crippen LogP contribution in [0.3, 0.4) is 0 Å². The van der Waals surface area contributed by atoms with Crippen molar-refractivity contribution in [3.8, 4) is 18.2 Å². The van der Waals surface area contributed by atoms with E-state index in [2.05, 4.69) is 71.8 Å². The highest BCUT2D eigenvalue weighted by Gasteiger charge is 2.41. The van der Waals surface area contributed by atoms with Gasteiger partial charge in [0, 0.05) is 23.8 Å². The predicted molar refractivity (Wildman–Crippen MR) is 153 cm³/mol. The number of rotatable bonds is 7. The second-order valence-electron chi connectivity index (χ2n) is 11.9. The molecule has 0 saturated heterocycles. The Morgan fingerprint density at radius 3 is 2.42 bits per heavy atom. The maximum absolute atomic E-state index is 10.1. The summed E-state index contributed by atoms with van der Waals surface area (Å²) in [5.74, 6) is 0. The number of nitriles is 3. The molecule has 1 atom stereocenters. The predicted octanol–water partition coefficient (Wildman–Crippen LogP) is 5.92. The highest BCUT2D eigenvalue weighted by atomic mass is 15.5. The second kappa shape index (κ2) is 9.98. The van der Waals surface area contributed by atoms with Crippen molar-refractivity contribution >= 4 is 22.3 Å². The van der Waals surface area contributed by atoms with Crippen molar-refractivity contribution in [2.24, 2.45) is 5.41 Å². The molecule has 0 amide bonds. The second-order valence-corrected chi connectivity index (χ2v) is 11.9. The van der Waals surface area contributed by atoms with Crippen LogP contribution in [-0.4, -0.2) is 26.5 Å². The van der Waals surface area contributed by atoms with Crippen molar-refractivity contribution < 1.29 is 0 Å². The van der Waals surface area contributed by atoms with E-state index in [4.69, 9.17) is 0 Å². The number of pyridine rings is 1.